The molecule has 2 N–H and O–H groups in total. The van der Waals surface area contributed by atoms with Crippen molar-refractivity contribution in [1.82, 2.24) is 0 Å². The summed E-state index contributed by atoms with van der Waals surface area (Å²) in [4.78, 5) is 13.1. The number of benzene rings is 2. The van der Waals surface area contributed by atoms with Gasteiger partial charge in [-0.05, 0) is 24.3 Å². The molecule has 0 bridgehead atoms. The van der Waals surface area contributed by atoms with Gasteiger partial charge >= 0.3 is 0 Å². The number of hydrogen-bond donors (Lipinski definition) is 2. The van der Waals surface area contributed by atoms with Crippen molar-refractivity contribution in [1.29, 1.82) is 0 Å². The van der Waals surface area contributed by atoms with E-state index in [1.165, 1.54) is 13.0 Å². The topological polar surface area (TPSA) is 77.3 Å². The van der Waals surface area contributed by atoms with Crippen molar-refractivity contribution in [3.8, 4) is 5.75 Å². The zero-order valence-corrected chi connectivity index (χ0v) is 14.0. The average molecular weight is 334 g/mol. The fourth-order valence-corrected chi connectivity index (χ4v) is 2.54. The number of azo groups is 1. The van der Waals surface area contributed by atoms with E-state index in [0.29, 0.717) is 11.4 Å². The molecule has 2 aromatic rings. The van der Waals surface area contributed by atoms with E-state index in [-0.39, 0.29) is 11.7 Å². The number of fused-ring (bicyclic) bond motifs is 1. The van der Waals surface area contributed by atoms with Gasteiger partial charge in [0.2, 0.25) is 5.91 Å². The predicted octanol–water partition coefficient (Wildman–Crippen LogP) is 4.44. The van der Waals surface area contributed by atoms with Crippen molar-refractivity contribution in [2.75, 3.05) is 17.3 Å². The molecule has 25 heavy (non-hydrogen) atoms. The molecule has 0 saturated carbocycles. The molecule has 3 rings (SSSR count). The third kappa shape index (κ3) is 3.74. The summed E-state index contributed by atoms with van der Waals surface area (Å²) in [5, 5.41) is 20.7. The van der Waals surface area contributed by atoms with Crippen LogP contribution in [0.3, 0.4) is 0 Å². The van der Waals surface area contributed by atoms with E-state index in [9.17, 15) is 9.90 Å². The van der Waals surface area contributed by atoms with Gasteiger partial charge in [-0.1, -0.05) is 18.2 Å². The zero-order chi connectivity index (χ0) is 17.8. The third-order valence-corrected chi connectivity index (χ3v) is 3.73. The Bertz CT molecular complexity index is 900. The molecule has 1 aliphatic rings. The molecule has 6 heteroatoms. The van der Waals surface area contributed by atoms with Gasteiger partial charge in [0.1, 0.15) is 11.4 Å². The summed E-state index contributed by atoms with van der Waals surface area (Å²) in [6.45, 7) is 1.41. The second-order valence-corrected chi connectivity index (χ2v) is 5.63. The lowest BCUT2D eigenvalue weighted by molar-refractivity contribution is -0.114. The number of aromatic hydroxyl groups is 1. The van der Waals surface area contributed by atoms with Crippen LogP contribution in [0.5, 0.6) is 5.75 Å². The van der Waals surface area contributed by atoms with Crippen LogP contribution in [-0.4, -0.2) is 18.1 Å². The van der Waals surface area contributed by atoms with E-state index in [4.69, 9.17) is 0 Å². The number of nitrogens with one attached hydrogen (secondary N) is 1. The smallest absolute Gasteiger partial charge is 0.221 e. The molecule has 6 nitrogen and oxygen atoms in total. The van der Waals surface area contributed by atoms with Crippen LogP contribution in [0.15, 0.2) is 71.2 Å². The predicted molar refractivity (Wildman–Crippen MR) is 98.9 cm³/mol. The second-order valence-electron chi connectivity index (χ2n) is 5.63. The molecule has 1 heterocycles. The molecular formula is C19H18N4O2. The molecular weight excluding hydrogens is 316 g/mol. The van der Waals surface area contributed by atoms with Crippen LogP contribution in [0.4, 0.5) is 17.1 Å². The summed E-state index contributed by atoms with van der Waals surface area (Å²) in [5.74, 6) is -0.251. The van der Waals surface area contributed by atoms with E-state index in [0.717, 1.165) is 16.8 Å². The molecule has 0 spiro atoms. The van der Waals surface area contributed by atoms with E-state index in [1.54, 1.807) is 18.3 Å². The summed E-state index contributed by atoms with van der Waals surface area (Å²) in [6, 6.07) is 12.7. The maximum atomic E-state index is 11.0. The third-order valence-electron chi connectivity index (χ3n) is 3.73. The SMILES string of the molecule is CC(=O)Nc1ccc(N=N/C=C2\C=CN(C)c3ccccc32)c(O)c1. The molecule has 0 radical (unpaired) electrons. The summed E-state index contributed by atoms with van der Waals surface area (Å²) in [6.07, 6.45) is 5.58. The molecule has 2 aromatic carbocycles. The number of para-hydroxylation sites is 1. The van der Waals surface area contributed by atoms with Crippen LogP contribution >= 0.6 is 0 Å². The van der Waals surface area contributed by atoms with Crippen LogP contribution in [0.25, 0.3) is 5.57 Å². The van der Waals surface area contributed by atoms with Crippen LogP contribution in [-0.2, 0) is 4.79 Å². The van der Waals surface area contributed by atoms with Gasteiger partial charge in [0, 0.05) is 48.7 Å². The van der Waals surface area contributed by atoms with Gasteiger partial charge in [-0.2, -0.15) is 5.11 Å². The Kier molecular flexibility index (Phi) is 4.61. The zero-order valence-electron chi connectivity index (χ0n) is 14.0. The number of amides is 1. The lowest BCUT2D eigenvalue weighted by Gasteiger charge is -2.23. The number of carbonyl (C=O) groups is 1. The van der Waals surface area contributed by atoms with E-state index < -0.39 is 0 Å². The van der Waals surface area contributed by atoms with Crippen LogP contribution in [0, 0.1) is 0 Å². The molecule has 0 fully saturated rings. The highest BCUT2D eigenvalue weighted by Gasteiger charge is 2.12. The largest absolute Gasteiger partial charge is 0.506 e. The Morgan fingerprint density at radius 3 is 2.80 bits per heavy atom. The van der Waals surface area contributed by atoms with Gasteiger partial charge < -0.3 is 15.3 Å². The van der Waals surface area contributed by atoms with Crippen LogP contribution in [0.1, 0.15) is 12.5 Å². The van der Waals surface area contributed by atoms with Gasteiger partial charge in [-0.15, -0.1) is 5.11 Å². The Balaban J connectivity index is 1.82. The minimum Gasteiger partial charge on any atom is -0.506 e. The maximum absolute atomic E-state index is 11.0. The van der Waals surface area contributed by atoms with Crippen molar-refractivity contribution in [2.45, 2.75) is 6.92 Å². The van der Waals surface area contributed by atoms with Crippen molar-refractivity contribution in [2.24, 2.45) is 10.2 Å². The number of anilines is 2. The molecule has 0 atom stereocenters. The summed E-state index contributed by atoms with van der Waals surface area (Å²) in [5.41, 5.74) is 3.93. The Labute approximate surface area is 145 Å². The minimum atomic E-state index is -0.203. The van der Waals surface area contributed by atoms with Gasteiger partial charge in [-0.25, -0.2) is 0 Å². The number of allylic oxidation sites excluding steroid dienone is 2. The number of hydrogen-bond acceptors (Lipinski definition) is 5. The van der Waals surface area contributed by atoms with Crippen LogP contribution in [0.2, 0.25) is 0 Å². The Morgan fingerprint density at radius 2 is 2.04 bits per heavy atom. The fraction of sp³-hybridized carbons (Fsp3) is 0.105. The van der Waals surface area contributed by atoms with E-state index in [1.807, 2.05) is 48.5 Å². The highest BCUT2D eigenvalue weighted by Crippen LogP contribution is 2.33. The highest BCUT2D eigenvalue weighted by molar-refractivity contribution is 5.89. The van der Waals surface area contributed by atoms with Crippen LogP contribution < -0.4 is 10.2 Å². The summed E-state index contributed by atoms with van der Waals surface area (Å²) in [7, 11) is 1.99. The molecule has 0 aromatic heterocycles. The van der Waals surface area contributed by atoms with Crippen molar-refractivity contribution in [3.05, 3.63) is 66.5 Å². The van der Waals surface area contributed by atoms with Gasteiger partial charge in [0.25, 0.3) is 0 Å². The summed E-state index contributed by atoms with van der Waals surface area (Å²) < 4.78 is 0. The van der Waals surface area contributed by atoms with E-state index >= 15 is 0 Å². The monoisotopic (exact) mass is 334 g/mol. The first-order chi connectivity index (χ1) is 12.0. The van der Waals surface area contributed by atoms with Gasteiger partial charge in [0.05, 0.1) is 6.20 Å². The quantitative estimate of drug-likeness (QED) is 0.815. The first-order valence-corrected chi connectivity index (χ1v) is 7.76. The number of rotatable bonds is 3. The number of nitrogens with zero attached hydrogens (tertiary/aromatic N) is 3. The van der Waals surface area contributed by atoms with E-state index in [2.05, 4.69) is 15.5 Å². The molecule has 1 aliphatic heterocycles. The molecule has 0 aliphatic carbocycles. The first kappa shape index (κ1) is 16.4. The molecule has 1 amide bonds. The standard InChI is InChI=1S/C19H18N4O2/c1-13(24)21-15-7-8-17(19(25)11-15)22-20-12-14-9-10-23(2)18-6-4-3-5-16(14)18/h3-12,25H,1-2H3,(H,21,24)/b14-12+,22-20?. The second kappa shape index (κ2) is 7.00. The average Bonchev–Trinajstić information content (AvgIpc) is 2.58. The lowest BCUT2D eigenvalue weighted by atomic mass is 10.0. The minimum absolute atomic E-state index is 0.0484. The van der Waals surface area contributed by atoms with Crippen molar-refractivity contribution >= 4 is 28.5 Å². The number of phenols is 1. The molecule has 0 unspecified atom stereocenters. The Hall–Kier alpha value is -3.41. The molecule has 0 saturated heterocycles. The first-order valence-electron chi connectivity index (χ1n) is 7.76. The van der Waals surface area contributed by atoms with Crippen molar-refractivity contribution in [3.63, 3.8) is 0 Å². The Morgan fingerprint density at radius 1 is 1.24 bits per heavy atom. The number of phenolic OH excluding ortho intramolecular Hbond substituents is 1. The van der Waals surface area contributed by atoms with Crippen molar-refractivity contribution < 1.29 is 9.90 Å². The highest BCUT2D eigenvalue weighted by atomic mass is 16.3. The van der Waals surface area contributed by atoms with Gasteiger partial charge in [-0.3, -0.25) is 4.79 Å². The van der Waals surface area contributed by atoms with Gasteiger partial charge in [0.15, 0.2) is 0 Å². The number of carbonyl (C=O) groups excluding carboxylic acids is 1. The maximum Gasteiger partial charge on any atom is 0.221 e. The normalized spacial score (nSPS) is 14.8. The summed E-state index contributed by atoms with van der Waals surface area (Å²) >= 11 is 0. The fourth-order valence-electron chi connectivity index (χ4n) is 2.54. The lowest BCUT2D eigenvalue weighted by Crippen LogP contribution is -2.13. The molecule has 126 valence electrons.